The monoisotopic (exact) mass is 825 g/mol. The van der Waals surface area contributed by atoms with Gasteiger partial charge in [-0.25, -0.2) is 15.0 Å². The summed E-state index contributed by atoms with van der Waals surface area (Å²) in [5.74, 6) is 0. The van der Waals surface area contributed by atoms with E-state index in [1.54, 1.807) is 0 Å². The van der Waals surface area contributed by atoms with Crippen molar-refractivity contribution in [1.82, 2.24) is 25.6 Å². The number of nitrogens with one attached hydrogen (secondary N) is 2. The topological polar surface area (TPSA) is 152 Å². The number of para-hydroxylation sites is 6. The summed E-state index contributed by atoms with van der Waals surface area (Å²) in [6.07, 6.45) is 7.89. The smallest absolute Gasteiger partial charge is 0.151 e. The van der Waals surface area contributed by atoms with Crippen LogP contribution in [0, 0.1) is 0 Å². The maximum absolute atomic E-state index is 11.2. The molecule has 9 rings (SSSR count). The third-order valence-corrected chi connectivity index (χ3v) is 10.9. The summed E-state index contributed by atoms with van der Waals surface area (Å²) in [4.78, 5) is 25.4. The fourth-order valence-electron chi connectivity index (χ4n) is 7.80. The lowest BCUT2D eigenvalue weighted by molar-refractivity contribution is 0.112. The zero-order valence-corrected chi connectivity index (χ0v) is 35.8. The largest absolute Gasteiger partial charge is 0.400 e. The lowest BCUT2D eigenvalue weighted by Gasteiger charge is -2.13. The van der Waals surface area contributed by atoms with E-state index in [1.165, 1.54) is 58.4 Å². The van der Waals surface area contributed by atoms with Gasteiger partial charge in [-0.05, 0) is 99.4 Å². The maximum Gasteiger partial charge on any atom is 0.151 e. The van der Waals surface area contributed by atoms with E-state index in [-0.39, 0.29) is 0 Å². The molecule has 0 aliphatic carbocycles. The van der Waals surface area contributed by atoms with Gasteiger partial charge in [-0.15, -0.1) is 0 Å². The summed E-state index contributed by atoms with van der Waals surface area (Å²) in [5.41, 5.74) is 19.9. The first kappa shape index (κ1) is 45.3. The molecule has 9 heteroatoms. The van der Waals surface area contributed by atoms with Crippen LogP contribution in [0.2, 0.25) is 0 Å². The molecular formula is C53H59N7O2. The molecule has 0 aliphatic rings. The van der Waals surface area contributed by atoms with Crippen molar-refractivity contribution in [2.75, 3.05) is 33.3 Å². The number of carbonyl (C=O) groups excluding carboxylic acids is 1. The Balaban J connectivity index is 0.000000210. The van der Waals surface area contributed by atoms with E-state index in [0.29, 0.717) is 0 Å². The lowest BCUT2D eigenvalue weighted by atomic mass is 10.0. The molecule has 0 saturated carbocycles. The molecule has 0 radical (unpaired) electrons. The third kappa shape index (κ3) is 11.6. The highest BCUT2D eigenvalue weighted by atomic mass is 16.2. The molecule has 9 nitrogen and oxygen atoms in total. The van der Waals surface area contributed by atoms with Crippen LogP contribution in [0.25, 0.3) is 65.4 Å². The van der Waals surface area contributed by atoms with E-state index in [9.17, 15) is 4.79 Å². The van der Waals surface area contributed by atoms with E-state index in [0.717, 1.165) is 115 Å². The minimum Gasteiger partial charge on any atom is -0.400 e. The maximum atomic E-state index is 11.2. The minimum absolute atomic E-state index is 0.723. The first-order chi connectivity index (χ1) is 30.7. The molecule has 0 unspecified atom stereocenters. The second kappa shape index (κ2) is 24.3. The van der Waals surface area contributed by atoms with Crippen molar-refractivity contribution in [2.24, 2.45) is 11.5 Å². The number of fused-ring (bicyclic) bond motifs is 6. The first-order valence-corrected chi connectivity index (χ1v) is 21.7. The number of aldehydes is 1. The van der Waals surface area contributed by atoms with Gasteiger partial charge in [0, 0.05) is 58.1 Å². The number of rotatable bonds is 15. The molecule has 6 aromatic carbocycles. The second-order valence-electron chi connectivity index (χ2n) is 15.0. The number of nitrogens with two attached hydrogens (primary N) is 2. The lowest BCUT2D eigenvalue weighted by Crippen LogP contribution is -2.17. The Morgan fingerprint density at radius 2 is 0.694 bits per heavy atom. The van der Waals surface area contributed by atoms with Crippen LogP contribution in [0.5, 0.6) is 0 Å². The minimum atomic E-state index is 0.723. The van der Waals surface area contributed by atoms with Crippen molar-refractivity contribution < 1.29 is 9.90 Å². The summed E-state index contributed by atoms with van der Waals surface area (Å²) in [5, 5.41) is 21.2. The van der Waals surface area contributed by atoms with Gasteiger partial charge >= 0.3 is 0 Å². The average molecular weight is 826 g/mol. The normalized spacial score (nSPS) is 10.9. The van der Waals surface area contributed by atoms with Crippen molar-refractivity contribution in [1.29, 1.82) is 0 Å². The number of aliphatic hydroxyl groups is 1. The molecule has 3 aromatic heterocycles. The molecule has 0 bridgehead atoms. The number of carbonyl (C=O) groups is 1. The van der Waals surface area contributed by atoms with Crippen LogP contribution in [0.15, 0.2) is 146 Å². The number of aliphatic hydroxyl groups excluding tert-OH is 1. The molecule has 9 aromatic rings. The van der Waals surface area contributed by atoms with Crippen LogP contribution < -0.4 is 22.1 Å². The van der Waals surface area contributed by atoms with Crippen molar-refractivity contribution in [2.45, 2.75) is 51.6 Å². The number of unbranched alkanes of at least 4 members (excludes halogenated alkanes) is 4. The number of pyridine rings is 3. The molecule has 0 amide bonds. The number of nitrogens with zero attached hydrogens (tertiary/aromatic N) is 3. The number of benzene rings is 6. The van der Waals surface area contributed by atoms with Crippen LogP contribution in [0.1, 0.15) is 60.0 Å². The van der Waals surface area contributed by atoms with Crippen LogP contribution in [0.4, 0.5) is 0 Å². The van der Waals surface area contributed by atoms with Gasteiger partial charge in [0.05, 0.1) is 33.1 Å². The van der Waals surface area contributed by atoms with Gasteiger partial charge in [-0.1, -0.05) is 122 Å². The Labute approximate surface area is 364 Å². The van der Waals surface area contributed by atoms with E-state index in [4.69, 9.17) is 26.5 Å². The van der Waals surface area contributed by atoms with Gasteiger partial charge in [-0.2, -0.15) is 0 Å². The van der Waals surface area contributed by atoms with Crippen molar-refractivity contribution in [3.05, 3.63) is 162 Å². The fourth-order valence-corrected chi connectivity index (χ4v) is 7.80. The Morgan fingerprint density at radius 1 is 0.419 bits per heavy atom. The van der Waals surface area contributed by atoms with E-state index < -0.39 is 0 Å². The van der Waals surface area contributed by atoms with Gasteiger partial charge in [0.1, 0.15) is 0 Å². The van der Waals surface area contributed by atoms with Gasteiger partial charge in [0.25, 0.3) is 0 Å². The van der Waals surface area contributed by atoms with Gasteiger partial charge in [-0.3, -0.25) is 4.79 Å². The molecule has 318 valence electrons. The number of hydrogen-bond acceptors (Lipinski definition) is 9. The van der Waals surface area contributed by atoms with E-state index in [1.807, 2.05) is 48.5 Å². The van der Waals surface area contributed by atoms with Crippen LogP contribution in [0.3, 0.4) is 0 Å². The van der Waals surface area contributed by atoms with Gasteiger partial charge < -0.3 is 27.2 Å². The Kier molecular flexibility index (Phi) is 17.8. The van der Waals surface area contributed by atoms with Crippen molar-refractivity contribution in [3.63, 3.8) is 0 Å². The highest BCUT2D eigenvalue weighted by Gasteiger charge is 2.10. The van der Waals surface area contributed by atoms with Gasteiger partial charge in [0.2, 0.25) is 0 Å². The summed E-state index contributed by atoms with van der Waals surface area (Å²) in [7, 11) is 1.00. The molecule has 0 atom stereocenters. The number of hydrogen-bond donors (Lipinski definition) is 5. The van der Waals surface area contributed by atoms with Gasteiger partial charge in [0.15, 0.2) is 6.29 Å². The third-order valence-electron chi connectivity index (χ3n) is 10.9. The molecule has 0 spiro atoms. The SMILES string of the molecule is CO.NCCCCCN.O=Cc1c2ccccc2nc2ccccc12.c1ccc2c(CNCCCCCNCc3c4ccccc4nc4ccccc34)c3ccccc3nc2c1. The predicted molar refractivity (Wildman–Crippen MR) is 261 cm³/mol. The zero-order valence-electron chi connectivity index (χ0n) is 35.8. The van der Waals surface area contributed by atoms with Crippen LogP contribution >= 0.6 is 0 Å². The highest BCUT2D eigenvalue weighted by molar-refractivity contribution is 6.09. The molecular weight excluding hydrogens is 767 g/mol. The highest BCUT2D eigenvalue weighted by Crippen LogP contribution is 2.28. The van der Waals surface area contributed by atoms with Crippen LogP contribution in [-0.2, 0) is 13.1 Å². The summed E-state index contributed by atoms with van der Waals surface area (Å²) >= 11 is 0. The van der Waals surface area contributed by atoms with E-state index in [2.05, 4.69) is 113 Å². The second-order valence-corrected chi connectivity index (χ2v) is 15.0. The van der Waals surface area contributed by atoms with E-state index >= 15 is 0 Å². The quantitative estimate of drug-likeness (QED) is 0.0386. The Hall–Kier alpha value is -6.20. The summed E-state index contributed by atoms with van der Waals surface area (Å²) in [6.45, 7) is 5.38. The number of aromatic nitrogens is 3. The van der Waals surface area contributed by atoms with Crippen LogP contribution in [-0.4, -0.2) is 59.6 Å². The molecule has 0 fully saturated rings. The Morgan fingerprint density at radius 3 is 1.00 bits per heavy atom. The average Bonchev–Trinajstić information content (AvgIpc) is 3.33. The van der Waals surface area contributed by atoms with Crippen molar-refractivity contribution in [3.8, 4) is 0 Å². The fraction of sp³-hybridized carbons (Fsp3) is 0.245. The molecule has 3 heterocycles. The Bertz CT molecular complexity index is 2520. The first-order valence-electron chi connectivity index (χ1n) is 21.7. The standard InChI is InChI=1S/C33H32N4.C14H9NO.C5H14N2.CH4O/c1(10-20-34-22-28-24-12-2-6-16-30(24)36-31-17-7-3-13-25(28)31)11-21-35-23-29-26-14-4-8-18-32(26)37-33-19-9-5-15-27(29)33;16-9-12-10-5-1-3-7-13(10)15-14-8-4-2-6-11(12)14;6-4-2-1-3-5-7;1-2/h2-9,12-19,34-35H,1,10-11,20-23H2;1-9H;1-7H2;2H,1H3. The predicted octanol–water partition coefficient (Wildman–Crippen LogP) is 10.0. The molecule has 7 N–H and O–H groups in total. The zero-order chi connectivity index (χ0) is 43.4. The molecule has 0 saturated heterocycles. The summed E-state index contributed by atoms with van der Waals surface area (Å²) in [6, 6.07) is 49.3. The molecule has 62 heavy (non-hydrogen) atoms. The summed E-state index contributed by atoms with van der Waals surface area (Å²) < 4.78 is 0. The molecule has 0 aliphatic heterocycles. The van der Waals surface area contributed by atoms with Crippen molar-refractivity contribution >= 4 is 71.7 Å².